The number of ether oxygens (including phenoxy) is 2. The molecule has 1 aliphatic rings. The molecule has 0 N–H and O–H groups in total. The largest absolute Gasteiger partial charge is 0.508 e. The molecule has 6 heteroatoms. The number of benzene rings is 2. The lowest BCUT2D eigenvalue weighted by atomic mass is 9.94. The predicted molar refractivity (Wildman–Crippen MR) is 82.3 cm³/mol. The molecule has 0 aromatic heterocycles. The Labute approximate surface area is 132 Å². The van der Waals surface area contributed by atoms with Crippen molar-refractivity contribution in [2.75, 3.05) is 19.8 Å². The second-order valence-electron chi connectivity index (χ2n) is 5.00. The van der Waals surface area contributed by atoms with Gasteiger partial charge in [0.2, 0.25) is 0 Å². The van der Waals surface area contributed by atoms with Crippen molar-refractivity contribution in [1.29, 1.82) is 0 Å². The van der Waals surface area contributed by atoms with Crippen molar-refractivity contribution in [2.24, 2.45) is 0 Å². The summed E-state index contributed by atoms with van der Waals surface area (Å²) in [4.78, 5) is 37.4. The van der Waals surface area contributed by atoms with Gasteiger partial charge in [0.15, 0.2) is 0 Å². The lowest BCUT2D eigenvalue weighted by molar-refractivity contribution is 0.0417. The molecule has 23 heavy (non-hydrogen) atoms. The van der Waals surface area contributed by atoms with E-state index in [0.717, 1.165) is 10.3 Å². The number of hydrogen-bond acceptors (Lipinski definition) is 5. The van der Waals surface area contributed by atoms with Gasteiger partial charge in [0.05, 0.1) is 13.2 Å². The van der Waals surface area contributed by atoms with Crippen molar-refractivity contribution in [3.8, 4) is 0 Å². The Morgan fingerprint density at radius 3 is 2.17 bits per heavy atom. The van der Waals surface area contributed by atoms with Gasteiger partial charge in [-0.05, 0) is 24.4 Å². The Kier molecular flexibility index (Phi) is 3.97. The molecule has 6 nitrogen and oxygen atoms in total. The molecule has 1 aliphatic heterocycles. The van der Waals surface area contributed by atoms with Crippen LogP contribution in [0.2, 0.25) is 0 Å². The lowest BCUT2D eigenvalue weighted by Crippen LogP contribution is -2.42. The van der Waals surface area contributed by atoms with E-state index >= 15 is 0 Å². The molecule has 2 amide bonds. The topological polar surface area (TPSA) is 72.9 Å². The van der Waals surface area contributed by atoms with Gasteiger partial charge in [-0.2, -0.15) is 0 Å². The van der Waals surface area contributed by atoms with Crippen LogP contribution in [0.25, 0.3) is 10.8 Å². The van der Waals surface area contributed by atoms with Gasteiger partial charge in [-0.25, -0.2) is 4.79 Å². The van der Waals surface area contributed by atoms with Crippen LogP contribution in [0.5, 0.6) is 0 Å². The van der Waals surface area contributed by atoms with Crippen molar-refractivity contribution in [2.45, 2.75) is 6.92 Å². The molecule has 0 bridgehead atoms. The lowest BCUT2D eigenvalue weighted by Gasteiger charge is -2.26. The molecule has 0 fully saturated rings. The minimum absolute atomic E-state index is 0.0127. The summed E-state index contributed by atoms with van der Waals surface area (Å²) in [7, 11) is 0. The zero-order valence-corrected chi connectivity index (χ0v) is 12.6. The second kappa shape index (κ2) is 6.08. The highest BCUT2D eigenvalue weighted by Gasteiger charge is 2.32. The number of hydrogen-bond donors (Lipinski definition) is 0. The van der Waals surface area contributed by atoms with Crippen LogP contribution in [0.3, 0.4) is 0 Å². The molecule has 118 valence electrons. The molecule has 0 radical (unpaired) electrons. The summed E-state index contributed by atoms with van der Waals surface area (Å²) in [6.07, 6.45) is -0.813. The molecule has 0 saturated carbocycles. The van der Waals surface area contributed by atoms with Gasteiger partial charge in [0, 0.05) is 16.5 Å². The summed E-state index contributed by atoms with van der Waals surface area (Å²) in [5.74, 6) is -0.765. The molecule has 0 spiro atoms. The third-order valence-corrected chi connectivity index (χ3v) is 3.65. The normalized spacial score (nSPS) is 13.3. The predicted octanol–water partition coefficient (Wildman–Crippen LogP) is 2.61. The first-order valence-electron chi connectivity index (χ1n) is 7.31. The third-order valence-electron chi connectivity index (χ3n) is 3.65. The van der Waals surface area contributed by atoms with E-state index < -0.39 is 6.16 Å². The van der Waals surface area contributed by atoms with Crippen molar-refractivity contribution < 1.29 is 23.9 Å². The summed E-state index contributed by atoms with van der Waals surface area (Å²) in [5.41, 5.74) is 0.961. The van der Waals surface area contributed by atoms with Gasteiger partial charge in [0.25, 0.3) is 11.8 Å². The molecule has 2 aromatic rings. The fourth-order valence-corrected chi connectivity index (χ4v) is 2.66. The third kappa shape index (κ3) is 2.63. The Bertz CT molecular complexity index is 748. The Hall–Kier alpha value is -2.89. The maximum Gasteiger partial charge on any atom is 0.508 e. The van der Waals surface area contributed by atoms with Crippen molar-refractivity contribution in [3.05, 3.63) is 47.5 Å². The average Bonchev–Trinajstić information content (AvgIpc) is 2.56. The standard InChI is InChI=1S/C17H15NO5/c1-2-22-17(21)23-10-9-18-15(19)12-7-3-5-11-6-4-8-13(14(11)12)16(18)20/h3-8H,2,9-10H2,1H3. The number of carbonyl (C=O) groups excluding carboxylic acids is 3. The van der Waals surface area contributed by atoms with E-state index in [1.165, 1.54) is 0 Å². The average molecular weight is 313 g/mol. The molecule has 3 rings (SSSR count). The van der Waals surface area contributed by atoms with Crippen LogP contribution >= 0.6 is 0 Å². The highest BCUT2D eigenvalue weighted by molar-refractivity contribution is 6.25. The molecular weight excluding hydrogens is 298 g/mol. The molecule has 0 saturated heterocycles. The quantitative estimate of drug-likeness (QED) is 0.641. The van der Waals surface area contributed by atoms with Crippen molar-refractivity contribution in [1.82, 2.24) is 4.90 Å². The number of nitrogens with zero attached hydrogens (tertiary/aromatic N) is 1. The minimum atomic E-state index is -0.813. The van der Waals surface area contributed by atoms with Crippen LogP contribution in [0.1, 0.15) is 27.6 Å². The molecule has 0 aliphatic carbocycles. The van der Waals surface area contributed by atoms with E-state index in [9.17, 15) is 14.4 Å². The number of amides is 2. The molecule has 1 heterocycles. The molecular formula is C17H15NO5. The maximum atomic E-state index is 12.5. The van der Waals surface area contributed by atoms with Gasteiger partial charge in [-0.3, -0.25) is 14.5 Å². The second-order valence-corrected chi connectivity index (χ2v) is 5.00. The van der Waals surface area contributed by atoms with Gasteiger partial charge in [-0.15, -0.1) is 0 Å². The van der Waals surface area contributed by atoms with Crippen LogP contribution < -0.4 is 0 Å². The van der Waals surface area contributed by atoms with Crippen LogP contribution in [0.4, 0.5) is 4.79 Å². The summed E-state index contributed by atoms with van der Waals surface area (Å²) in [5, 5.41) is 1.52. The number of rotatable bonds is 4. The zero-order valence-electron chi connectivity index (χ0n) is 12.6. The van der Waals surface area contributed by atoms with Crippen LogP contribution in [-0.2, 0) is 9.47 Å². The van der Waals surface area contributed by atoms with E-state index in [0.29, 0.717) is 16.5 Å². The van der Waals surface area contributed by atoms with Gasteiger partial charge >= 0.3 is 6.16 Å². The fourth-order valence-electron chi connectivity index (χ4n) is 2.66. The molecule has 2 aromatic carbocycles. The minimum Gasteiger partial charge on any atom is -0.435 e. The van der Waals surface area contributed by atoms with E-state index in [4.69, 9.17) is 4.74 Å². The number of carbonyl (C=O) groups is 3. The first kappa shape index (κ1) is 15.0. The van der Waals surface area contributed by atoms with Crippen LogP contribution in [0.15, 0.2) is 36.4 Å². The highest BCUT2D eigenvalue weighted by Crippen LogP contribution is 2.29. The van der Waals surface area contributed by atoms with E-state index in [1.54, 1.807) is 31.2 Å². The summed E-state index contributed by atoms with van der Waals surface area (Å²) >= 11 is 0. The zero-order chi connectivity index (χ0) is 16.4. The van der Waals surface area contributed by atoms with Crippen molar-refractivity contribution in [3.63, 3.8) is 0 Å². The van der Waals surface area contributed by atoms with Gasteiger partial charge in [-0.1, -0.05) is 24.3 Å². The smallest absolute Gasteiger partial charge is 0.435 e. The van der Waals surface area contributed by atoms with Crippen molar-refractivity contribution >= 4 is 28.7 Å². The summed E-state index contributed by atoms with van der Waals surface area (Å²) in [6, 6.07) is 10.7. The van der Waals surface area contributed by atoms with Gasteiger partial charge in [0.1, 0.15) is 6.61 Å². The summed E-state index contributed by atoms with van der Waals surface area (Å²) in [6.45, 7) is 1.75. The first-order chi connectivity index (χ1) is 11.1. The van der Waals surface area contributed by atoms with E-state index in [1.807, 2.05) is 12.1 Å². The maximum absolute atomic E-state index is 12.5. The van der Waals surface area contributed by atoms with Gasteiger partial charge < -0.3 is 9.47 Å². The Morgan fingerprint density at radius 1 is 1.00 bits per heavy atom. The van der Waals surface area contributed by atoms with E-state index in [2.05, 4.69) is 4.74 Å². The molecule has 0 atom stereocenters. The van der Waals surface area contributed by atoms with E-state index in [-0.39, 0.29) is 31.6 Å². The molecule has 0 unspecified atom stereocenters. The monoisotopic (exact) mass is 313 g/mol. The fraction of sp³-hybridized carbons (Fsp3) is 0.235. The highest BCUT2D eigenvalue weighted by atomic mass is 16.7. The Morgan fingerprint density at radius 2 is 1.61 bits per heavy atom. The Balaban J connectivity index is 1.84. The first-order valence-corrected chi connectivity index (χ1v) is 7.31. The van der Waals surface area contributed by atoms with Crippen LogP contribution in [0, 0.1) is 0 Å². The SMILES string of the molecule is CCOC(=O)OCCN1C(=O)c2cccc3cccc(c23)C1=O. The number of imide groups is 1. The van der Waals surface area contributed by atoms with Crippen LogP contribution in [-0.4, -0.2) is 42.6 Å². The summed E-state index contributed by atoms with van der Waals surface area (Å²) < 4.78 is 9.47.